The van der Waals surface area contributed by atoms with E-state index in [0.29, 0.717) is 24.4 Å². The largest absolute Gasteiger partial charge is 0.444 e. The molecule has 1 unspecified atom stereocenters. The molecule has 130 valence electrons. The van der Waals surface area contributed by atoms with E-state index in [-0.39, 0.29) is 6.61 Å². The minimum atomic E-state index is -0.548. The first-order chi connectivity index (χ1) is 10.6. The highest BCUT2D eigenvalue weighted by atomic mass is 79.9. The fourth-order valence-corrected chi connectivity index (χ4v) is 2.92. The van der Waals surface area contributed by atoms with Crippen molar-refractivity contribution in [3.05, 3.63) is 33.3 Å². The van der Waals surface area contributed by atoms with Gasteiger partial charge < -0.3 is 15.2 Å². The molecule has 0 aromatic heterocycles. The molecule has 0 aliphatic carbocycles. The Morgan fingerprint density at radius 2 is 2.04 bits per heavy atom. The number of alkyl carbamates (subject to hydrolysis) is 1. The Morgan fingerprint density at radius 3 is 2.52 bits per heavy atom. The number of nitrogens with one attached hydrogen (secondary N) is 1. The zero-order valence-corrected chi connectivity index (χ0v) is 16.4. The van der Waals surface area contributed by atoms with Crippen LogP contribution in [0.5, 0.6) is 0 Å². The van der Waals surface area contributed by atoms with Crippen molar-refractivity contribution in [1.82, 2.24) is 5.32 Å². The number of hydrogen-bond donors (Lipinski definition) is 2. The van der Waals surface area contributed by atoms with Gasteiger partial charge in [0.05, 0.1) is 6.61 Å². The molecule has 1 aromatic carbocycles. The summed E-state index contributed by atoms with van der Waals surface area (Å²) in [5.74, 6) is 0. The Labute approximate surface area is 151 Å². The first-order valence-electron chi connectivity index (χ1n) is 7.62. The van der Waals surface area contributed by atoms with Gasteiger partial charge in [-0.2, -0.15) is 0 Å². The van der Waals surface area contributed by atoms with Crippen molar-refractivity contribution in [2.24, 2.45) is 5.41 Å². The number of halogens is 2. The van der Waals surface area contributed by atoms with E-state index in [1.165, 1.54) is 0 Å². The lowest BCUT2D eigenvalue weighted by Gasteiger charge is -2.32. The number of hydrogen-bond acceptors (Lipinski definition) is 3. The van der Waals surface area contributed by atoms with E-state index in [4.69, 9.17) is 16.3 Å². The Kier molecular flexibility index (Phi) is 7.36. The number of carbonyl (C=O) groups excluding carboxylic acids is 1. The summed E-state index contributed by atoms with van der Waals surface area (Å²) in [7, 11) is 0. The molecule has 0 aliphatic rings. The van der Waals surface area contributed by atoms with Gasteiger partial charge in [-0.1, -0.05) is 40.5 Å². The summed E-state index contributed by atoms with van der Waals surface area (Å²) in [6, 6.07) is 5.68. The molecule has 0 saturated heterocycles. The Hall–Kier alpha value is -0.780. The lowest BCUT2D eigenvalue weighted by molar-refractivity contribution is 0.0461. The van der Waals surface area contributed by atoms with Gasteiger partial charge >= 0.3 is 6.09 Å². The highest BCUT2D eigenvalue weighted by Gasteiger charge is 2.30. The monoisotopic (exact) mass is 405 g/mol. The van der Waals surface area contributed by atoms with E-state index in [1.54, 1.807) is 0 Å². The van der Waals surface area contributed by atoms with Crippen molar-refractivity contribution in [1.29, 1.82) is 0 Å². The van der Waals surface area contributed by atoms with Gasteiger partial charge in [0, 0.05) is 21.5 Å². The van der Waals surface area contributed by atoms with Crippen LogP contribution in [-0.4, -0.2) is 30.0 Å². The molecule has 0 spiro atoms. The second kappa shape index (κ2) is 8.36. The molecule has 0 aliphatic heterocycles. The third-order valence-electron chi connectivity index (χ3n) is 3.67. The number of amides is 1. The van der Waals surface area contributed by atoms with Crippen LogP contribution in [0.1, 0.15) is 39.7 Å². The molecule has 0 bridgehead atoms. The van der Waals surface area contributed by atoms with Crippen LogP contribution in [0.15, 0.2) is 22.7 Å². The molecule has 6 heteroatoms. The Morgan fingerprint density at radius 1 is 1.39 bits per heavy atom. The Bertz CT molecular complexity index is 539. The molecular formula is C17H25BrClNO3. The van der Waals surface area contributed by atoms with E-state index in [9.17, 15) is 9.90 Å². The van der Waals surface area contributed by atoms with Crippen LogP contribution < -0.4 is 5.32 Å². The number of aliphatic hydroxyl groups is 1. The first-order valence-corrected chi connectivity index (χ1v) is 8.79. The van der Waals surface area contributed by atoms with Crippen LogP contribution in [0, 0.1) is 5.41 Å². The van der Waals surface area contributed by atoms with Crippen LogP contribution in [0.25, 0.3) is 0 Å². The normalized spacial score (nSPS) is 14.2. The molecule has 2 N–H and O–H groups in total. The van der Waals surface area contributed by atoms with Crippen molar-refractivity contribution in [3.63, 3.8) is 0 Å². The number of benzene rings is 1. The van der Waals surface area contributed by atoms with Gasteiger partial charge in [-0.25, -0.2) is 4.79 Å². The smallest absolute Gasteiger partial charge is 0.407 e. The zero-order chi connectivity index (χ0) is 17.7. The second-order valence-electron chi connectivity index (χ2n) is 6.78. The molecule has 0 radical (unpaired) electrons. The van der Waals surface area contributed by atoms with Crippen molar-refractivity contribution < 1.29 is 14.6 Å². The first kappa shape index (κ1) is 20.3. The average molecular weight is 407 g/mol. The van der Waals surface area contributed by atoms with E-state index < -0.39 is 17.1 Å². The molecule has 1 amide bonds. The van der Waals surface area contributed by atoms with E-state index in [0.717, 1.165) is 10.0 Å². The lowest BCUT2D eigenvalue weighted by Crippen LogP contribution is -2.43. The van der Waals surface area contributed by atoms with E-state index in [1.807, 2.05) is 45.9 Å². The third-order valence-corrected chi connectivity index (χ3v) is 4.52. The van der Waals surface area contributed by atoms with Gasteiger partial charge in [0.15, 0.2) is 0 Å². The topological polar surface area (TPSA) is 58.6 Å². The van der Waals surface area contributed by atoms with Crippen molar-refractivity contribution >= 4 is 33.6 Å². The summed E-state index contributed by atoms with van der Waals surface area (Å²) < 4.78 is 6.15. The van der Waals surface area contributed by atoms with Gasteiger partial charge in [0.2, 0.25) is 0 Å². The average Bonchev–Trinajstić information content (AvgIpc) is 2.44. The molecular weight excluding hydrogens is 382 g/mol. The van der Waals surface area contributed by atoms with Crippen LogP contribution in [0.3, 0.4) is 0 Å². The van der Waals surface area contributed by atoms with Crippen LogP contribution >= 0.6 is 27.5 Å². The van der Waals surface area contributed by atoms with Crippen molar-refractivity contribution in [2.75, 3.05) is 13.2 Å². The van der Waals surface area contributed by atoms with Crippen molar-refractivity contribution in [3.8, 4) is 0 Å². The molecule has 4 nitrogen and oxygen atoms in total. The lowest BCUT2D eigenvalue weighted by atomic mass is 9.80. The molecule has 0 fully saturated rings. The molecule has 1 atom stereocenters. The van der Waals surface area contributed by atoms with E-state index in [2.05, 4.69) is 21.2 Å². The summed E-state index contributed by atoms with van der Waals surface area (Å²) >= 11 is 9.66. The summed E-state index contributed by atoms with van der Waals surface area (Å²) in [6.07, 6.45) is 0.791. The molecule has 0 heterocycles. The number of ether oxygens (including phenoxy) is 1. The highest BCUT2D eigenvalue weighted by molar-refractivity contribution is 9.10. The minimum absolute atomic E-state index is 0.0499. The third kappa shape index (κ3) is 6.69. The number of aliphatic hydroxyl groups excluding tert-OH is 1. The SMILES string of the molecule is CCC(CO)(CNC(=O)OC(C)(C)C)Cc1ccc(Br)cc1Cl. The minimum Gasteiger partial charge on any atom is -0.444 e. The summed E-state index contributed by atoms with van der Waals surface area (Å²) in [4.78, 5) is 11.9. The maximum absolute atomic E-state index is 11.9. The summed E-state index contributed by atoms with van der Waals surface area (Å²) in [5, 5.41) is 13.3. The molecule has 1 rings (SSSR count). The predicted molar refractivity (Wildman–Crippen MR) is 96.9 cm³/mol. The summed E-state index contributed by atoms with van der Waals surface area (Å²) in [6.45, 7) is 7.70. The second-order valence-corrected chi connectivity index (χ2v) is 8.10. The quantitative estimate of drug-likeness (QED) is 0.728. The fraction of sp³-hybridized carbons (Fsp3) is 0.588. The maximum Gasteiger partial charge on any atom is 0.407 e. The van der Waals surface area contributed by atoms with Gasteiger partial charge in [0.25, 0.3) is 0 Å². The number of carbonyl (C=O) groups is 1. The standard InChI is InChI=1S/C17H25BrClNO3/c1-5-17(11-21,10-20-15(22)23-16(2,3)4)9-12-6-7-13(18)8-14(12)19/h6-8,21H,5,9-11H2,1-4H3,(H,20,22). The molecule has 0 saturated carbocycles. The van der Waals surface area contributed by atoms with Gasteiger partial charge in [-0.3, -0.25) is 0 Å². The Balaban J connectivity index is 2.80. The highest BCUT2D eigenvalue weighted by Crippen LogP contribution is 2.31. The predicted octanol–water partition coefficient (Wildman–Crippen LogP) is 4.56. The van der Waals surface area contributed by atoms with Crippen LogP contribution in [0.2, 0.25) is 5.02 Å². The fourth-order valence-electron chi connectivity index (χ4n) is 2.18. The van der Waals surface area contributed by atoms with Gasteiger partial charge in [0.1, 0.15) is 5.60 Å². The van der Waals surface area contributed by atoms with E-state index >= 15 is 0 Å². The zero-order valence-electron chi connectivity index (χ0n) is 14.1. The molecule has 1 aromatic rings. The molecule has 23 heavy (non-hydrogen) atoms. The maximum atomic E-state index is 11.9. The van der Waals surface area contributed by atoms with Crippen LogP contribution in [0.4, 0.5) is 4.79 Å². The number of rotatable bonds is 6. The summed E-state index contributed by atoms with van der Waals surface area (Å²) in [5.41, 5.74) is -0.0848. The van der Waals surface area contributed by atoms with Gasteiger partial charge in [-0.05, 0) is 51.3 Å². The van der Waals surface area contributed by atoms with Gasteiger partial charge in [-0.15, -0.1) is 0 Å². The van der Waals surface area contributed by atoms with Crippen molar-refractivity contribution in [2.45, 2.75) is 46.1 Å². The van der Waals surface area contributed by atoms with Crippen LogP contribution in [-0.2, 0) is 11.2 Å².